The van der Waals surface area contributed by atoms with Gasteiger partial charge in [0.25, 0.3) is 0 Å². The molecule has 1 heterocycles. The molecule has 1 fully saturated rings. The molecule has 1 aromatic carbocycles. The average molecular weight is 248 g/mol. The Morgan fingerprint density at radius 2 is 2.22 bits per heavy atom. The fourth-order valence-electron chi connectivity index (χ4n) is 2.43. The van der Waals surface area contributed by atoms with Crippen molar-refractivity contribution >= 4 is 5.69 Å². The van der Waals surface area contributed by atoms with E-state index in [0.29, 0.717) is 6.04 Å². The summed E-state index contributed by atoms with van der Waals surface area (Å²) in [5.41, 5.74) is 1.13. The number of hydrogen-bond acceptors (Lipinski definition) is 3. The molecular weight excluding hydrogens is 224 g/mol. The van der Waals surface area contributed by atoms with Crippen LogP contribution in [-0.2, 0) is 0 Å². The van der Waals surface area contributed by atoms with Crippen LogP contribution in [0.5, 0.6) is 5.75 Å². The maximum absolute atomic E-state index is 5.78. The van der Waals surface area contributed by atoms with Gasteiger partial charge in [0.05, 0.1) is 12.3 Å². The molecule has 1 aromatic rings. The SMILES string of the molecule is CCCOc1ccccc1NC1CCCN(C)C1. The summed E-state index contributed by atoms with van der Waals surface area (Å²) in [6, 6.07) is 8.79. The number of piperidine rings is 1. The molecule has 1 saturated heterocycles. The number of ether oxygens (including phenoxy) is 1. The highest BCUT2D eigenvalue weighted by Gasteiger charge is 2.17. The van der Waals surface area contributed by atoms with Crippen LogP contribution in [0.1, 0.15) is 26.2 Å². The third-order valence-corrected chi connectivity index (χ3v) is 3.33. The van der Waals surface area contributed by atoms with Crippen LogP contribution in [-0.4, -0.2) is 37.7 Å². The Hall–Kier alpha value is -1.22. The van der Waals surface area contributed by atoms with E-state index in [-0.39, 0.29) is 0 Å². The first-order valence-corrected chi connectivity index (χ1v) is 6.96. The summed E-state index contributed by atoms with van der Waals surface area (Å²) >= 11 is 0. The van der Waals surface area contributed by atoms with Gasteiger partial charge >= 0.3 is 0 Å². The van der Waals surface area contributed by atoms with Crippen molar-refractivity contribution < 1.29 is 4.74 Å². The van der Waals surface area contributed by atoms with Crippen molar-refractivity contribution in [1.29, 1.82) is 0 Å². The second-order valence-electron chi connectivity index (χ2n) is 5.09. The molecule has 1 aliphatic rings. The van der Waals surface area contributed by atoms with E-state index in [2.05, 4.69) is 36.3 Å². The lowest BCUT2D eigenvalue weighted by atomic mass is 10.1. The fraction of sp³-hybridized carbons (Fsp3) is 0.600. The molecule has 2 rings (SSSR count). The fourth-order valence-corrected chi connectivity index (χ4v) is 2.43. The summed E-state index contributed by atoms with van der Waals surface area (Å²) in [4.78, 5) is 2.39. The van der Waals surface area contributed by atoms with Gasteiger partial charge in [0.15, 0.2) is 0 Å². The molecule has 0 bridgehead atoms. The van der Waals surface area contributed by atoms with Crippen molar-refractivity contribution in [2.45, 2.75) is 32.2 Å². The lowest BCUT2D eigenvalue weighted by Gasteiger charge is -2.31. The zero-order chi connectivity index (χ0) is 12.8. The van der Waals surface area contributed by atoms with Crippen molar-refractivity contribution in [3.05, 3.63) is 24.3 Å². The number of anilines is 1. The van der Waals surface area contributed by atoms with Gasteiger partial charge in [-0.2, -0.15) is 0 Å². The molecule has 3 nitrogen and oxygen atoms in total. The van der Waals surface area contributed by atoms with E-state index in [9.17, 15) is 0 Å². The Kier molecular flexibility index (Phi) is 4.88. The molecule has 0 radical (unpaired) electrons. The van der Waals surface area contributed by atoms with Crippen LogP contribution >= 0.6 is 0 Å². The quantitative estimate of drug-likeness (QED) is 0.867. The normalized spacial score (nSPS) is 20.7. The topological polar surface area (TPSA) is 24.5 Å². The molecule has 100 valence electrons. The molecule has 18 heavy (non-hydrogen) atoms. The molecule has 1 N–H and O–H groups in total. The zero-order valence-corrected chi connectivity index (χ0v) is 11.5. The Morgan fingerprint density at radius 1 is 1.39 bits per heavy atom. The number of rotatable bonds is 5. The molecular formula is C15H24N2O. The molecule has 1 atom stereocenters. The second-order valence-corrected chi connectivity index (χ2v) is 5.09. The Labute approximate surface area is 110 Å². The number of likely N-dealkylation sites (tertiary alicyclic amines) is 1. The molecule has 0 spiro atoms. The molecule has 1 unspecified atom stereocenters. The first-order valence-electron chi connectivity index (χ1n) is 6.96. The summed E-state index contributed by atoms with van der Waals surface area (Å²) in [6.07, 6.45) is 3.55. The molecule has 0 saturated carbocycles. The summed E-state index contributed by atoms with van der Waals surface area (Å²) in [5.74, 6) is 0.979. The minimum Gasteiger partial charge on any atom is -0.491 e. The highest BCUT2D eigenvalue weighted by Crippen LogP contribution is 2.26. The average Bonchev–Trinajstić information content (AvgIpc) is 2.38. The predicted molar refractivity (Wildman–Crippen MR) is 76.4 cm³/mol. The van der Waals surface area contributed by atoms with Crippen molar-refractivity contribution in [1.82, 2.24) is 4.90 Å². The lowest BCUT2D eigenvalue weighted by Crippen LogP contribution is -2.39. The number of likely N-dealkylation sites (N-methyl/N-ethyl adjacent to an activating group) is 1. The van der Waals surface area contributed by atoms with Gasteiger partial charge in [-0.05, 0) is 45.0 Å². The monoisotopic (exact) mass is 248 g/mol. The van der Waals surface area contributed by atoms with E-state index in [1.165, 1.54) is 19.4 Å². The number of nitrogens with zero attached hydrogens (tertiary/aromatic N) is 1. The van der Waals surface area contributed by atoms with Gasteiger partial charge in [-0.25, -0.2) is 0 Å². The smallest absolute Gasteiger partial charge is 0.142 e. The number of nitrogens with one attached hydrogen (secondary N) is 1. The van der Waals surface area contributed by atoms with Gasteiger partial charge in [0.1, 0.15) is 5.75 Å². The van der Waals surface area contributed by atoms with E-state index in [1.54, 1.807) is 0 Å². The van der Waals surface area contributed by atoms with Crippen molar-refractivity contribution in [2.75, 3.05) is 32.1 Å². The van der Waals surface area contributed by atoms with Gasteiger partial charge in [-0.15, -0.1) is 0 Å². The molecule has 1 aliphatic heterocycles. The molecule has 3 heteroatoms. The summed E-state index contributed by atoms with van der Waals surface area (Å²) in [6.45, 7) is 5.24. The lowest BCUT2D eigenvalue weighted by molar-refractivity contribution is 0.260. The third-order valence-electron chi connectivity index (χ3n) is 3.33. The van der Waals surface area contributed by atoms with Crippen LogP contribution in [0.3, 0.4) is 0 Å². The summed E-state index contributed by atoms with van der Waals surface area (Å²) in [5, 5.41) is 3.62. The predicted octanol–water partition coefficient (Wildman–Crippen LogP) is 2.98. The van der Waals surface area contributed by atoms with Crippen LogP contribution in [0.25, 0.3) is 0 Å². The Morgan fingerprint density at radius 3 is 3.00 bits per heavy atom. The van der Waals surface area contributed by atoms with Crippen LogP contribution in [0.4, 0.5) is 5.69 Å². The summed E-state index contributed by atoms with van der Waals surface area (Å²) in [7, 11) is 2.19. The Balaban J connectivity index is 1.99. The van der Waals surface area contributed by atoms with Gasteiger partial charge in [-0.3, -0.25) is 0 Å². The maximum atomic E-state index is 5.78. The highest BCUT2D eigenvalue weighted by atomic mass is 16.5. The molecule has 0 aliphatic carbocycles. The number of hydrogen-bond donors (Lipinski definition) is 1. The third kappa shape index (κ3) is 3.64. The Bertz CT molecular complexity index is 367. The van der Waals surface area contributed by atoms with E-state index >= 15 is 0 Å². The van der Waals surface area contributed by atoms with Crippen molar-refractivity contribution in [3.8, 4) is 5.75 Å². The molecule has 0 aromatic heterocycles. The van der Waals surface area contributed by atoms with E-state index in [0.717, 1.165) is 31.0 Å². The van der Waals surface area contributed by atoms with Gasteiger partial charge in [-0.1, -0.05) is 19.1 Å². The van der Waals surface area contributed by atoms with Crippen LogP contribution in [0.2, 0.25) is 0 Å². The van der Waals surface area contributed by atoms with E-state index < -0.39 is 0 Å². The number of benzene rings is 1. The number of para-hydroxylation sites is 2. The van der Waals surface area contributed by atoms with E-state index in [4.69, 9.17) is 4.74 Å². The first-order chi connectivity index (χ1) is 8.79. The summed E-state index contributed by atoms with van der Waals surface area (Å²) < 4.78 is 5.78. The second kappa shape index (κ2) is 6.64. The minimum atomic E-state index is 0.537. The van der Waals surface area contributed by atoms with Crippen LogP contribution < -0.4 is 10.1 Å². The van der Waals surface area contributed by atoms with E-state index in [1.807, 2.05) is 12.1 Å². The van der Waals surface area contributed by atoms with Gasteiger partial charge in [0.2, 0.25) is 0 Å². The largest absolute Gasteiger partial charge is 0.491 e. The van der Waals surface area contributed by atoms with Crippen LogP contribution in [0, 0.1) is 0 Å². The zero-order valence-electron chi connectivity index (χ0n) is 11.5. The minimum absolute atomic E-state index is 0.537. The maximum Gasteiger partial charge on any atom is 0.142 e. The highest BCUT2D eigenvalue weighted by molar-refractivity contribution is 5.56. The van der Waals surface area contributed by atoms with Gasteiger partial charge in [0, 0.05) is 12.6 Å². The van der Waals surface area contributed by atoms with Crippen molar-refractivity contribution in [3.63, 3.8) is 0 Å². The first kappa shape index (κ1) is 13.2. The van der Waals surface area contributed by atoms with Crippen LogP contribution in [0.15, 0.2) is 24.3 Å². The molecule has 0 amide bonds. The standard InChI is InChI=1S/C15H24N2O/c1-3-11-18-15-9-5-4-8-14(15)16-13-7-6-10-17(2)12-13/h4-5,8-9,13,16H,3,6-7,10-12H2,1-2H3. The van der Waals surface area contributed by atoms with Crippen molar-refractivity contribution in [2.24, 2.45) is 0 Å². The van der Waals surface area contributed by atoms with Gasteiger partial charge < -0.3 is 15.0 Å².